The molecule has 0 bridgehead atoms. The van der Waals surface area contributed by atoms with Gasteiger partial charge in [-0.25, -0.2) is 4.79 Å². The first-order valence-corrected chi connectivity index (χ1v) is 10.7. The van der Waals surface area contributed by atoms with E-state index in [1.165, 1.54) is 0 Å². The molecule has 1 aromatic rings. The van der Waals surface area contributed by atoms with Crippen LogP contribution in [0, 0.1) is 5.92 Å². The third-order valence-electron chi connectivity index (χ3n) is 6.53. The Kier molecular flexibility index (Phi) is 5.58. The van der Waals surface area contributed by atoms with Crippen molar-refractivity contribution in [3.63, 3.8) is 0 Å². The molecule has 1 atom stereocenters. The number of imide groups is 1. The maximum atomic E-state index is 13.0. The van der Waals surface area contributed by atoms with Gasteiger partial charge in [-0.1, -0.05) is 19.4 Å². The van der Waals surface area contributed by atoms with Crippen LogP contribution in [0.5, 0.6) is 11.5 Å². The third kappa shape index (κ3) is 3.82. The summed E-state index contributed by atoms with van der Waals surface area (Å²) in [6.45, 7) is 4.73. The molecule has 4 amide bonds. The van der Waals surface area contributed by atoms with E-state index in [1.54, 1.807) is 0 Å². The van der Waals surface area contributed by atoms with Gasteiger partial charge in [0.2, 0.25) is 5.91 Å². The molecule has 2 aliphatic heterocycles. The van der Waals surface area contributed by atoms with Crippen LogP contribution in [0.1, 0.15) is 57.6 Å². The number of rotatable bonds is 5. The summed E-state index contributed by atoms with van der Waals surface area (Å²) in [7, 11) is 0. The van der Waals surface area contributed by atoms with E-state index < -0.39 is 11.6 Å². The molecule has 8 heteroatoms. The highest BCUT2D eigenvalue weighted by atomic mass is 16.6. The molecule has 1 aliphatic carbocycles. The Morgan fingerprint density at radius 2 is 1.93 bits per heavy atom. The van der Waals surface area contributed by atoms with Crippen molar-refractivity contribution in [3.05, 3.63) is 23.8 Å². The van der Waals surface area contributed by atoms with Gasteiger partial charge in [-0.2, -0.15) is 0 Å². The minimum Gasteiger partial charge on any atom is -0.486 e. The summed E-state index contributed by atoms with van der Waals surface area (Å²) in [5, 5.41) is 5.73. The molecule has 162 valence electrons. The van der Waals surface area contributed by atoms with Crippen LogP contribution in [0.15, 0.2) is 18.2 Å². The molecule has 2 heterocycles. The number of carbonyl (C=O) groups is 3. The summed E-state index contributed by atoms with van der Waals surface area (Å²) in [5.74, 6) is 1.29. The van der Waals surface area contributed by atoms with Crippen molar-refractivity contribution in [1.82, 2.24) is 15.5 Å². The van der Waals surface area contributed by atoms with E-state index in [0.29, 0.717) is 43.5 Å². The molecular weight excluding hydrogens is 386 g/mol. The number of hydrogen-bond donors (Lipinski definition) is 2. The van der Waals surface area contributed by atoms with Crippen LogP contribution < -0.4 is 20.1 Å². The number of carbonyl (C=O) groups excluding carboxylic acids is 3. The Bertz CT molecular complexity index is 847. The fraction of sp³-hybridized carbons (Fsp3) is 0.591. The van der Waals surface area contributed by atoms with Gasteiger partial charge in [-0.15, -0.1) is 0 Å². The SMILES string of the molecule is CCC1CCC2(CC1)NC(=O)N(CC(=O)NC(C)c1ccc3c(c1)OCCO3)C2=O. The lowest BCUT2D eigenvalue weighted by Crippen LogP contribution is -2.50. The minimum absolute atomic E-state index is 0.274. The van der Waals surface area contributed by atoms with E-state index in [2.05, 4.69) is 17.6 Å². The maximum absolute atomic E-state index is 13.0. The highest BCUT2D eigenvalue weighted by molar-refractivity contribution is 6.09. The molecule has 0 aromatic heterocycles. The molecule has 2 fully saturated rings. The maximum Gasteiger partial charge on any atom is 0.325 e. The monoisotopic (exact) mass is 415 g/mol. The number of hydrogen-bond acceptors (Lipinski definition) is 5. The standard InChI is InChI=1S/C22H29N3O5/c1-3-15-6-8-22(9-7-15)20(27)25(21(28)24-22)13-19(26)23-14(2)16-4-5-17-18(12-16)30-11-10-29-17/h4-5,12,14-15H,3,6-11,13H2,1-2H3,(H,23,26)(H,24,28). The fourth-order valence-electron chi connectivity index (χ4n) is 4.58. The van der Waals surface area contributed by atoms with Crippen molar-refractivity contribution in [2.75, 3.05) is 19.8 Å². The number of nitrogens with zero attached hydrogens (tertiary/aromatic N) is 1. The lowest BCUT2D eigenvalue weighted by Gasteiger charge is -2.34. The smallest absolute Gasteiger partial charge is 0.325 e. The molecule has 8 nitrogen and oxygen atoms in total. The van der Waals surface area contributed by atoms with Gasteiger partial charge in [-0.05, 0) is 56.2 Å². The van der Waals surface area contributed by atoms with Gasteiger partial charge in [-0.3, -0.25) is 14.5 Å². The first kappa shape index (κ1) is 20.5. The van der Waals surface area contributed by atoms with Crippen molar-refractivity contribution in [1.29, 1.82) is 0 Å². The van der Waals surface area contributed by atoms with E-state index in [0.717, 1.165) is 29.7 Å². The summed E-state index contributed by atoms with van der Waals surface area (Å²) in [6, 6.07) is 4.75. The minimum atomic E-state index is -0.829. The Morgan fingerprint density at radius 3 is 2.63 bits per heavy atom. The Morgan fingerprint density at radius 1 is 1.23 bits per heavy atom. The third-order valence-corrected chi connectivity index (χ3v) is 6.53. The molecule has 1 unspecified atom stereocenters. The molecule has 30 heavy (non-hydrogen) atoms. The van der Waals surface area contributed by atoms with Crippen LogP contribution in [-0.4, -0.2) is 48.0 Å². The van der Waals surface area contributed by atoms with Crippen LogP contribution in [0.4, 0.5) is 4.79 Å². The summed E-state index contributed by atoms with van der Waals surface area (Å²) in [4.78, 5) is 39.1. The van der Waals surface area contributed by atoms with Crippen LogP contribution >= 0.6 is 0 Å². The summed E-state index contributed by atoms with van der Waals surface area (Å²) in [5.41, 5.74) is 0.0314. The van der Waals surface area contributed by atoms with Gasteiger partial charge in [0.15, 0.2) is 11.5 Å². The zero-order valence-electron chi connectivity index (χ0n) is 17.5. The summed E-state index contributed by atoms with van der Waals surface area (Å²) < 4.78 is 11.1. The molecule has 1 spiro atoms. The number of nitrogens with one attached hydrogen (secondary N) is 2. The number of urea groups is 1. The van der Waals surface area contributed by atoms with Crippen molar-refractivity contribution >= 4 is 17.8 Å². The summed E-state index contributed by atoms with van der Waals surface area (Å²) >= 11 is 0. The van der Waals surface area contributed by atoms with Crippen LogP contribution in [0.25, 0.3) is 0 Å². The molecular formula is C22H29N3O5. The molecule has 1 aromatic carbocycles. The molecule has 3 aliphatic rings. The van der Waals surface area contributed by atoms with Gasteiger partial charge in [0, 0.05) is 0 Å². The van der Waals surface area contributed by atoms with Crippen molar-refractivity contribution in [3.8, 4) is 11.5 Å². The Balaban J connectivity index is 1.37. The summed E-state index contributed by atoms with van der Waals surface area (Å²) in [6.07, 6.45) is 4.21. The van der Waals surface area contributed by atoms with Crippen molar-refractivity contribution in [2.45, 2.75) is 57.5 Å². The Hall–Kier alpha value is -2.77. The van der Waals surface area contributed by atoms with E-state index in [1.807, 2.05) is 25.1 Å². The highest BCUT2D eigenvalue weighted by Gasteiger charge is 2.52. The predicted octanol–water partition coefficient (Wildman–Crippen LogP) is 2.53. The second-order valence-electron chi connectivity index (χ2n) is 8.45. The van der Waals surface area contributed by atoms with Gasteiger partial charge >= 0.3 is 6.03 Å². The first-order chi connectivity index (χ1) is 14.4. The first-order valence-electron chi connectivity index (χ1n) is 10.7. The second-order valence-corrected chi connectivity index (χ2v) is 8.45. The fourth-order valence-corrected chi connectivity index (χ4v) is 4.58. The topological polar surface area (TPSA) is 97.0 Å². The highest BCUT2D eigenvalue weighted by Crippen LogP contribution is 2.37. The van der Waals surface area contributed by atoms with Gasteiger partial charge < -0.3 is 20.1 Å². The molecule has 0 radical (unpaired) electrons. The molecule has 1 saturated heterocycles. The average Bonchev–Trinajstić information content (AvgIpc) is 2.98. The van der Waals surface area contributed by atoms with Crippen LogP contribution in [0.3, 0.4) is 0 Å². The van der Waals surface area contributed by atoms with Gasteiger partial charge in [0.25, 0.3) is 5.91 Å². The average molecular weight is 415 g/mol. The lowest BCUT2D eigenvalue weighted by molar-refractivity contribution is -0.136. The van der Waals surface area contributed by atoms with Crippen molar-refractivity contribution < 1.29 is 23.9 Å². The zero-order chi connectivity index (χ0) is 21.3. The molecule has 1 saturated carbocycles. The van der Waals surface area contributed by atoms with Gasteiger partial charge in [0.05, 0.1) is 6.04 Å². The van der Waals surface area contributed by atoms with E-state index in [4.69, 9.17) is 9.47 Å². The van der Waals surface area contributed by atoms with Crippen molar-refractivity contribution in [2.24, 2.45) is 5.92 Å². The quantitative estimate of drug-likeness (QED) is 0.721. The van der Waals surface area contributed by atoms with E-state index in [9.17, 15) is 14.4 Å². The largest absolute Gasteiger partial charge is 0.486 e. The van der Waals surface area contributed by atoms with E-state index in [-0.39, 0.29) is 24.4 Å². The van der Waals surface area contributed by atoms with Crippen LogP contribution in [-0.2, 0) is 9.59 Å². The predicted molar refractivity (Wildman–Crippen MR) is 109 cm³/mol. The Labute approximate surface area is 176 Å². The van der Waals surface area contributed by atoms with Gasteiger partial charge in [0.1, 0.15) is 25.3 Å². The van der Waals surface area contributed by atoms with E-state index >= 15 is 0 Å². The second kappa shape index (κ2) is 8.16. The number of benzene rings is 1. The lowest BCUT2D eigenvalue weighted by atomic mass is 9.75. The molecule has 4 rings (SSSR count). The number of amides is 4. The zero-order valence-corrected chi connectivity index (χ0v) is 17.5. The number of ether oxygens (including phenoxy) is 2. The number of fused-ring (bicyclic) bond motifs is 1. The normalized spacial score (nSPS) is 26.5. The van der Waals surface area contributed by atoms with Crippen LogP contribution in [0.2, 0.25) is 0 Å². The molecule has 2 N–H and O–H groups in total.